The molecule has 0 aromatic rings. The molecule has 0 aliphatic rings. The van der Waals surface area contributed by atoms with Crippen LogP contribution in [0, 0.1) is 0 Å². The Morgan fingerprint density at radius 3 is 2.78 bits per heavy atom. The van der Waals surface area contributed by atoms with Crippen molar-refractivity contribution in [1.29, 1.82) is 0 Å². The first-order chi connectivity index (χ1) is 4.31. The molecule has 0 saturated heterocycles. The van der Waals surface area contributed by atoms with Gasteiger partial charge in [-0.25, -0.2) is 5.43 Å². The normalized spacial score (nSPS) is 11.4. The number of aliphatic hydroxyl groups is 1. The van der Waals surface area contributed by atoms with Crippen LogP contribution in [-0.2, 0) is 0 Å². The van der Waals surface area contributed by atoms with Crippen LogP contribution in [0.4, 0.5) is 0 Å². The van der Waals surface area contributed by atoms with Gasteiger partial charge >= 0.3 is 0 Å². The van der Waals surface area contributed by atoms with Crippen LogP contribution in [0.2, 0.25) is 0 Å². The first-order valence-electron chi connectivity index (χ1n) is 2.44. The molecule has 0 aromatic heterocycles. The molecular weight excluding hydrogens is 122 g/mol. The van der Waals surface area contributed by atoms with Gasteiger partial charge in [0, 0.05) is 6.54 Å². The zero-order valence-corrected chi connectivity index (χ0v) is 4.96. The van der Waals surface area contributed by atoms with E-state index in [0.717, 1.165) is 0 Å². The van der Waals surface area contributed by atoms with E-state index in [0.29, 0.717) is 6.54 Å². The van der Waals surface area contributed by atoms with E-state index in [4.69, 9.17) is 16.7 Å². The molecule has 0 atom stereocenters. The monoisotopic (exact) mass is 133 g/mol. The van der Waals surface area contributed by atoms with Gasteiger partial charge in [-0.3, -0.25) is 5.43 Å². The first-order valence-corrected chi connectivity index (χ1v) is 2.44. The largest absolute Gasteiger partial charge is 0.395 e. The molecule has 0 heterocycles. The van der Waals surface area contributed by atoms with Gasteiger partial charge < -0.3 is 16.7 Å². The molecule has 0 bridgehead atoms. The van der Waals surface area contributed by atoms with Crippen LogP contribution in [0.15, 0.2) is 5.10 Å². The summed E-state index contributed by atoms with van der Waals surface area (Å²) < 4.78 is 0. The van der Waals surface area contributed by atoms with Crippen LogP contribution in [0.5, 0.6) is 0 Å². The summed E-state index contributed by atoms with van der Waals surface area (Å²) in [5, 5.41) is 11.3. The van der Waals surface area contributed by atoms with Crippen molar-refractivity contribution >= 4 is 5.96 Å². The van der Waals surface area contributed by atoms with Gasteiger partial charge in [0.05, 0.1) is 6.61 Å². The van der Waals surface area contributed by atoms with E-state index in [1.807, 2.05) is 0 Å². The van der Waals surface area contributed by atoms with Crippen molar-refractivity contribution in [1.82, 2.24) is 10.9 Å². The highest BCUT2D eigenvalue weighted by Crippen LogP contribution is 1.50. The zero-order valence-electron chi connectivity index (χ0n) is 4.96. The number of aliphatic hydroxyl groups excluding tert-OH is 1. The van der Waals surface area contributed by atoms with Crippen molar-refractivity contribution in [3.8, 4) is 0 Å². The maximum atomic E-state index is 8.24. The summed E-state index contributed by atoms with van der Waals surface area (Å²) >= 11 is 0. The Labute approximate surface area is 52.9 Å². The smallest absolute Gasteiger partial charge is 0.225 e. The number of nitrogens with two attached hydrogens (primary N) is 2. The van der Waals surface area contributed by atoms with Crippen molar-refractivity contribution in [2.45, 2.75) is 0 Å². The second kappa shape index (κ2) is 5.13. The number of rotatable bonds is 3. The third-order valence-electron chi connectivity index (χ3n) is 0.592. The number of hydrazine groups is 1. The van der Waals surface area contributed by atoms with Crippen LogP contribution in [-0.4, -0.2) is 24.2 Å². The van der Waals surface area contributed by atoms with E-state index in [1.54, 1.807) is 0 Å². The number of nitrogens with one attached hydrogen (secondary N) is 2. The lowest BCUT2D eigenvalue weighted by atomic mass is 10.7. The lowest BCUT2D eigenvalue weighted by Gasteiger charge is -2.02. The summed E-state index contributed by atoms with van der Waals surface area (Å²) in [5.41, 5.74) is 10.1. The van der Waals surface area contributed by atoms with Crippen LogP contribution < -0.4 is 22.4 Å². The number of hydrogen-bond acceptors (Lipinski definition) is 4. The van der Waals surface area contributed by atoms with Gasteiger partial charge in [-0.15, -0.1) is 5.10 Å². The Morgan fingerprint density at radius 2 is 2.33 bits per heavy atom. The van der Waals surface area contributed by atoms with Crippen LogP contribution in [0.25, 0.3) is 0 Å². The Morgan fingerprint density at radius 1 is 1.67 bits per heavy atom. The average molecular weight is 133 g/mol. The summed E-state index contributed by atoms with van der Waals surface area (Å²) in [4.78, 5) is 0. The summed E-state index contributed by atoms with van der Waals surface area (Å²) in [5.74, 6) is 4.84. The van der Waals surface area contributed by atoms with Crippen LogP contribution >= 0.6 is 0 Å². The molecule has 0 amide bonds. The quantitative estimate of drug-likeness (QED) is 0.0943. The lowest BCUT2D eigenvalue weighted by molar-refractivity contribution is 0.289. The summed E-state index contributed by atoms with van der Waals surface area (Å²) in [6.45, 7) is 0.432. The van der Waals surface area contributed by atoms with E-state index >= 15 is 0 Å². The van der Waals surface area contributed by atoms with Crippen LogP contribution in [0.3, 0.4) is 0 Å². The molecule has 0 fully saturated rings. The van der Waals surface area contributed by atoms with Crippen LogP contribution in [0.1, 0.15) is 0 Å². The standard InChI is InChI=1S/C3H11N5O/c4-3(7-5)8-6-1-2-9/h6,9H,1-2,5H2,(H3,4,7,8). The lowest BCUT2D eigenvalue weighted by Crippen LogP contribution is -2.44. The number of hydrazone groups is 1. The van der Waals surface area contributed by atoms with Gasteiger partial charge in [-0.2, -0.15) is 0 Å². The molecule has 0 rings (SSSR count). The fourth-order valence-electron chi connectivity index (χ4n) is 0.241. The van der Waals surface area contributed by atoms with E-state index in [9.17, 15) is 0 Å². The Bertz CT molecular complexity index is 92.2. The maximum Gasteiger partial charge on any atom is 0.225 e. The third-order valence-corrected chi connectivity index (χ3v) is 0.592. The zero-order chi connectivity index (χ0) is 7.11. The van der Waals surface area contributed by atoms with Gasteiger partial charge in [0.1, 0.15) is 0 Å². The van der Waals surface area contributed by atoms with Gasteiger partial charge in [-0.1, -0.05) is 0 Å². The highest BCUT2D eigenvalue weighted by atomic mass is 16.3. The van der Waals surface area contributed by atoms with Crippen molar-refractivity contribution in [2.75, 3.05) is 13.2 Å². The maximum absolute atomic E-state index is 8.24. The highest BCUT2D eigenvalue weighted by Gasteiger charge is 1.84. The topological polar surface area (TPSA) is 109 Å². The van der Waals surface area contributed by atoms with E-state index in [2.05, 4.69) is 16.0 Å². The second-order valence-corrected chi connectivity index (χ2v) is 1.29. The number of nitrogens with zero attached hydrogens (tertiary/aromatic N) is 1. The average Bonchev–Trinajstić information content (AvgIpc) is 1.89. The van der Waals surface area contributed by atoms with E-state index in [-0.39, 0.29) is 12.6 Å². The molecule has 6 heteroatoms. The highest BCUT2D eigenvalue weighted by molar-refractivity contribution is 5.76. The minimum absolute atomic E-state index is 0.0326. The predicted molar refractivity (Wildman–Crippen MR) is 34.0 cm³/mol. The predicted octanol–water partition coefficient (Wildman–Crippen LogP) is -2.74. The molecular formula is C3H11N5O. The fourth-order valence-corrected chi connectivity index (χ4v) is 0.241. The molecule has 0 radical (unpaired) electrons. The van der Waals surface area contributed by atoms with Crippen molar-refractivity contribution in [3.63, 3.8) is 0 Å². The molecule has 54 valence electrons. The summed E-state index contributed by atoms with van der Waals surface area (Å²) in [6.07, 6.45) is 0. The molecule has 9 heavy (non-hydrogen) atoms. The minimum atomic E-state index is 0.0326. The third kappa shape index (κ3) is 4.85. The number of guanidine groups is 1. The number of hydrogen-bond donors (Lipinski definition) is 5. The van der Waals surface area contributed by atoms with Crippen molar-refractivity contribution in [3.05, 3.63) is 0 Å². The summed E-state index contributed by atoms with van der Waals surface area (Å²) in [6, 6.07) is 0. The molecule has 6 nitrogen and oxygen atoms in total. The van der Waals surface area contributed by atoms with E-state index in [1.165, 1.54) is 0 Å². The Kier molecular flexibility index (Phi) is 4.56. The van der Waals surface area contributed by atoms with Gasteiger partial charge in [0.2, 0.25) is 5.96 Å². The first kappa shape index (κ1) is 7.99. The van der Waals surface area contributed by atoms with Gasteiger partial charge in [0.25, 0.3) is 0 Å². The van der Waals surface area contributed by atoms with Crippen molar-refractivity contribution in [2.24, 2.45) is 16.7 Å². The molecule has 7 N–H and O–H groups in total. The SMILES string of the molecule is N/N=C(\N)NNCCO. The van der Waals surface area contributed by atoms with Gasteiger partial charge in [0.15, 0.2) is 0 Å². The Hall–Kier alpha value is -1.01. The molecule has 0 aliphatic carbocycles. The molecule has 0 unspecified atom stereocenters. The molecule has 0 aliphatic heterocycles. The molecule has 0 aromatic carbocycles. The molecule has 0 spiro atoms. The minimum Gasteiger partial charge on any atom is -0.395 e. The summed E-state index contributed by atoms with van der Waals surface area (Å²) in [7, 11) is 0. The Balaban J connectivity index is 3.07. The van der Waals surface area contributed by atoms with E-state index < -0.39 is 0 Å². The second-order valence-electron chi connectivity index (χ2n) is 1.29. The molecule has 0 saturated carbocycles. The van der Waals surface area contributed by atoms with Crippen molar-refractivity contribution < 1.29 is 5.11 Å². The van der Waals surface area contributed by atoms with Gasteiger partial charge in [-0.05, 0) is 0 Å². The fraction of sp³-hybridized carbons (Fsp3) is 0.667.